The van der Waals surface area contributed by atoms with Crippen LogP contribution in [0.4, 0.5) is 4.39 Å². The fraction of sp³-hybridized carbons (Fsp3) is 0.875. The Hall–Kier alpha value is -0.150. The fourth-order valence-electron chi connectivity index (χ4n) is 1.31. The minimum atomic E-state index is -1.00. The summed E-state index contributed by atoms with van der Waals surface area (Å²) in [4.78, 5) is 12.1. The van der Waals surface area contributed by atoms with Crippen LogP contribution in [0.1, 0.15) is 19.8 Å². The zero-order chi connectivity index (χ0) is 8.32. The average Bonchev–Trinajstić information content (AvgIpc) is 1.94. The summed E-state index contributed by atoms with van der Waals surface area (Å²) in [5.74, 6) is 0. The summed E-state index contributed by atoms with van der Waals surface area (Å²) in [6.07, 6.45) is 1.99. The molecule has 1 rings (SSSR count). The van der Waals surface area contributed by atoms with E-state index in [9.17, 15) is 9.18 Å². The molecule has 0 saturated carbocycles. The molecule has 0 N–H and O–H groups in total. The van der Waals surface area contributed by atoms with Gasteiger partial charge in [0.15, 0.2) is 0 Å². The first kappa shape index (κ1) is 11.8. The summed E-state index contributed by atoms with van der Waals surface area (Å²) in [5, 5.41) is 0. The third-order valence-electron chi connectivity index (χ3n) is 2.23. The topological polar surface area (TPSA) is 20.3 Å². The van der Waals surface area contributed by atoms with Crippen LogP contribution < -0.4 is 0 Å². The van der Waals surface area contributed by atoms with E-state index in [1.165, 1.54) is 0 Å². The first-order chi connectivity index (χ1) is 5.14. The minimum Gasteiger partial charge on any atom is -0.302 e. The summed E-state index contributed by atoms with van der Waals surface area (Å²) in [6.45, 7) is 3.51. The molecule has 1 saturated heterocycles. The van der Waals surface area contributed by atoms with Crippen molar-refractivity contribution in [2.24, 2.45) is 0 Å². The largest absolute Gasteiger partial charge is 0.302 e. The molecule has 0 radical (unpaired) electrons. The molecule has 0 amide bonds. The third-order valence-corrected chi connectivity index (χ3v) is 2.23. The normalized spacial score (nSPS) is 22.8. The van der Waals surface area contributed by atoms with E-state index >= 15 is 0 Å². The zero-order valence-corrected chi connectivity index (χ0v) is 8.07. The highest BCUT2D eigenvalue weighted by Crippen LogP contribution is 2.24. The van der Waals surface area contributed by atoms with Crippen LogP contribution in [0, 0.1) is 0 Å². The highest BCUT2D eigenvalue weighted by molar-refractivity contribution is 5.85. The molecule has 1 aliphatic rings. The number of alkyl halides is 1. The average molecular weight is 196 g/mol. The van der Waals surface area contributed by atoms with Gasteiger partial charge in [-0.2, -0.15) is 0 Å². The van der Waals surface area contributed by atoms with Crippen molar-refractivity contribution < 1.29 is 9.18 Å². The lowest BCUT2D eigenvalue weighted by molar-refractivity contribution is -0.109. The van der Waals surface area contributed by atoms with Gasteiger partial charge in [0.1, 0.15) is 12.0 Å². The Kier molecular flexibility index (Phi) is 4.71. The van der Waals surface area contributed by atoms with Gasteiger partial charge in [0, 0.05) is 13.1 Å². The minimum absolute atomic E-state index is 0. The van der Waals surface area contributed by atoms with Gasteiger partial charge in [0.25, 0.3) is 0 Å². The van der Waals surface area contributed by atoms with Crippen molar-refractivity contribution >= 4 is 18.7 Å². The Balaban J connectivity index is 0.00000121. The molecule has 2 nitrogen and oxygen atoms in total. The molecule has 1 aliphatic heterocycles. The van der Waals surface area contributed by atoms with E-state index in [4.69, 9.17) is 0 Å². The number of piperidine rings is 1. The van der Waals surface area contributed by atoms with Gasteiger partial charge in [-0.15, -0.1) is 12.4 Å². The van der Waals surface area contributed by atoms with Crippen LogP contribution in [-0.2, 0) is 4.79 Å². The van der Waals surface area contributed by atoms with Gasteiger partial charge in [-0.25, -0.2) is 4.39 Å². The molecule has 0 bridgehead atoms. The molecule has 0 atom stereocenters. The van der Waals surface area contributed by atoms with Crippen molar-refractivity contribution in [2.45, 2.75) is 25.4 Å². The third kappa shape index (κ3) is 3.50. The van der Waals surface area contributed by atoms with E-state index in [1.54, 1.807) is 6.92 Å². The van der Waals surface area contributed by atoms with Crippen molar-refractivity contribution in [2.75, 3.05) is 19.6 Å². The summed E-state index contributed by atoms with van der Waals surface area (Å²) in [6, 6.07) is 0. The molecular formula is C8H15ClFNO. The SMILES string of the molecule is CC1(F)CCN(CC=O)CC1.Cl. The van der Waals surface area contributed by atoms with Crippen LogP contribution >= 0.6 is 12.4 Å². The van der Waals surface area contributed by atoms with E-state index in [1.807, 2.05) is 4.90 Å². The Morgan fingerprint density at radius 2 is 2.00 bits per heavy atom. The van der Waals surface area contributed by atoms with Crippen molar-refractivity contribution in [1.82, 2.24) is 4.90 Å². The molecule has 4 heteroatoms. The number of rotatable bonds is 2. The van der Waals surface area contributed by atoms with Crippen LogP contribution in [0.25, 0.3) is 0 Å². The number of nitrogens with zero attached hydrogens (tertiary/aromatic N) is 1. The van der Waals surface area contributed by atoms with Crippen LogP contribution in [0.3, 0.4) is 0 Å². The maximum Gasteiger partial charge on any atom is 0.133 e. The van der Waals surface area contributed by atoms with Crippen molar-refractivity contribution in [3.8, 4) is 0 Å². The van der Waals surface area contributed by atoms with Gasteiger partial charge in [-0.1, -0.05) is 0 Å². The van der Waals surface area contributed by atoms with Gasteiger partial charge in [-0.3, -0.25) is 4.90 Å². The molecule has 0 aromatic heterocycles. The maximum atomic E-state index is 13.2. The second-order valence-corrected chi connectivity index (χ2v) is 3.38. The quantitative estimate of drug-likeness (QED) is 0.622. The lowest BCUT2D eigenvalue weighted by Crippen LogP contribution is -2.40. The Labute approximate surface area is 78.5 Å². The highest BCUT2D eigenvalue weighted by Gasteiger charge is 2.28. The molecular weight excluding hydrogens is 181 g/mol. The maximum absolute atomic E-state index is 13.2. The van der Waals surface area contributed by atoms with Gasteiger partial charge < -0.3 is 4.79 Å². The monoisotopic (exact) mass is 195 g/mol. The molecule has 0 aliphatic carbocycles. The second-order valence-electron chi connectivity index (χ2n) is 3.38. The van der Waals surface area contributed by atoms with Gasteiger partial charge in [-0.05, 0) is 19.8 Å². The van der Waals surface area contributed by atoms with Crippen molar-refractivity contribution in [1.29, 1.82) is 0 Å². The van der Waals surface area contributed by atoms with E-state index in [0.717, 1.165) is 6.29 Å². The summed E-state index contributed by atoms with van der Waals surface area (Å²) in [5.41, 5.74) is -1.00. The molecule has 1 fully saturated rings. The highest BCUT2D eigenvalue weighted by atomic mass is 35.5. The van der Waals surface area contributed by atoms with E-state index in [0.29, 0.717) is 32.5 Å². The van der Waals surface area contributed by atoms with E-state index < -0.39 is 5.67 Å². The number of halogens is 2. The molecule has 0 spiro atoms. The standard InChI is InChI=1S/C8H14FNO.ClH/c1-8(9)2-4-10(5-3-8)6-7-11;/h7H,2-6H2,1H3;1H. The zero-order valence-electron chi connectivity index (χ0n) is 7.25. The predicted octanol–water partition coefficient (Wildman–Crippen LogP) is 1.43. The number of carbonyl (C=O) groups is 1. The van der Waals surface area contributed by atoms with E-state index in [-0.39, 0.29) is 12.4 Å². The molecule has 0 unspecified atom stereocenters. The number of aldehydes is 1. The second kappa shape index (κ2) is 4.77. The summed E-state index contributed by atoms with van der Waals surface area (Å²) in [7, 11) is 0. The summed E-state index contributed by atoms with van der Waals surface area (Å²) < 4.78 is 13.2. The van der Waals surface area contributed by atoms with E-state index in [2.05, 4.69) is 0 Å². The van der Waals surface area contributed by atoms with Crippen LogP contribution in [0.2, 0.25) is 0 Å². The van der Waals surface area contributed by atoms with Crippen LogP contribution in [0.15, 0.2) is 0 Å². The van der Waals surface area contributed by atoms with Crippen LogP contribution in [0.5, 0.6) is 0 Å². The lowest BCUT2D eigenvalue weighted by atomic mass is 9.96. The summed E-state index contributed by atoms with van der Waals surface area (Å²) >= 11 is 0. The van der Waals surface area contributed by atoms with Gasteiger partial charge in [0.05, 0.1) is 6.54 Å². The van der Waals surface area contributed by atoms with Gasteiger partial charge in [0.2, 0.25) is 0 Å². The Morgan fingerprint density at radius 3 is 2.42 bits per heavy atom. The predicted molar refractivity (Wildman–Crippen MR) is 48.5 cm³/mol. The van der Waals surface area contributed by atoms with Crippen LogP contribution in [-0.4, -0.2) is 36.5 Å². The molecule has 12 heavy (non-hydrogen) atoms. The van der Waals surface area contributed by atoms with Crippen molar-refractivity contribution in [3.63, 3.8) is 0 Å². The Bertz CT molecular complexity index is 142. The van der Waals surface area contributed by atoms with Gasteiger partial charge >= 0.3 is 0 Å². The Morgan fingerprint density at radius 1 is 1.50 bits per heavy atom. The number of hydrogen-bond acceptors (Lipinski definition) is 2. The number of carbonyl (C=O) groups excluding carboxylic acids is 1. The first-order valence-corrected chi connectivity index (χ1v) is 3.99. The molecule has 0 aromatic rings. The molecule has 1 heterocycles. The number of likely N-dealkylation sites (tertiary alicyclic amines) is 1. The first-order valence-electron chi connectivity index (χ1n) is 3.99. The lowest BCUT2D eigenvalue weighted by Gasteiger charge is -2.32. The smallest absolute Gasteiger partial charge is 0.133 e. The molecule has 72 valence electrons. The number of hydrogen-bond donors (Lipinski definition) is 0. The van der Waals surface area contributed by atoms with Crippen molar-refractivity contribution in [3.05, 3.63) is 0 Å². The fourth-order valence-corrected chi connectivity index (χ4v) is 1.31. The molecule has 0 aromatic carbocycles.